The van der Waals surface area contributed by atoms with E-state index in [0.29, 0.717) is 5.75 Å². The van der Waals surface area contributed by atoms with Gasteiger partial charge >= 0.3 is 0 Å². The van der Waals surface area contributed by atoms with E-state index in [0.717, 1.165) is 43.0 Å². The Balaban J connectivity index is 1.31. The Morgan fingerprint density at radius 2 is 1.38 bits per heavy atom. The normalized spacial score (nSPS) is 12.3. The monoisotopic (exact) mass is 534 g/mol. The number of ether oxygens (including phenoxy) is 1. The maximum atomic E-state index is 12.3. The van der Waals surface area contributed by atoms with Gasteiger partial charge in [-0.2, -0.15) is 0 Å². The van der Waals surface area contributed by atoms with Crippen LogP contribution in [0.5, 0.6) is 17.4 Å². The van der Waals surface area contributed by atoms with Crippen LogP contribution < -0.4 is 15.4 Å². The second-order valence-corrected chi connectivity index (χ2v) is 9.54. The van der Waals surface area contributed by atoms with E-state index in [9.17, 15) is 24.8 Å². The fraction of sp³-hybridized carbons (Fsp3) is 0.345. The number of aryl methyl sites for hydroxylation is 2. The molecule has 0 saturated carbocycles. The predicted octanol–water partition coefficient (Wildman–Crippen LogP) is 4.84. The van der Waals surface area contributed by atoms with Crippen LogP contribution in [0, 0.1) is 10.1 Å². The summed E-state index contributed by atoms with van der Waals surface area (Å²) in [6.45, 7) is 3.87. The van der Waals surface area contributed by atoms with Gasteiger partial charge in [-0.15, -0.1) is 0 Å². The molecular weight excluding hydrogens is 500 g/mol. The van der Waals surface area contributed by atoms with E-state index >= 15 is 0 Å². The highest BCUT2D eigenvalue weighted by molar-refractivity contribution is 5.83. The summed E-state index contributed by atoms with van der Waals surface area (Å²) in [5.74, 6) is 0.750. The van der Waals surface area contributed by atoms with E-state index in [1.165, 1.54) is 12.1 Å². The fourth-order valence-electron chi connectivity index (χ4n) is 3.88. The zero-order chi connectivity index (χ0) is 28.2. The average Bonchev–Trinajstić information content (AvgIpc) is 2.91. The number of amides is 2. The number of nitrogens with one attached hydrogen (secondary N) is 2. The lowest BCUT2D eigenvalue weighted by molar-refractivity contribution is -0.385. The molecule has 2 amide bonds. The minimum atomic E-state index is -0.517. The van der Waals surface area contributed by atoms with Crippen molar-refractivity contribution in [3.8, 4) is 17.4 Å². The molecule has 39 heavy (non-hydrogen) atoms. The van der Waals surface area contributed by atoms with Crippen LogP contribution in [0.15, 0.2) is 66.9 Å². The van der Waals surface area contributed by atoms with Crippen molar-refractivity contribution in [2.24, 2.45) is 0 Å². The molecule has 3 rings (SSSR count). The molecule has 0 fully saturated rings. The van der Waals surface area contributed by atoms with Crippen LogP contribution >= 0.6 is 0 Å². The lowest BCUT2D eigenvalue weighted by Gasteiger charge is -2.16. The van der Waals surface area contributed by atoms with Crippen molar-refractivity contribution in [2.45, 2.75) is 64.5 Å². The number of nitrogens with zero attached hydrogens (tertiary/aromatic N) is 2. The molecule has 0 aliphatic rings. The molecule has 0 unspecified atom stereocenters. The molecule has 1 aromatic heterocycles. The molecule has 0 aliphatic carbocycles. The molecule has 0 aliphatic heterocycles. The predicted molar refractivity (Wildman–Crippen MR) is 147 cm³/mol. The molecular formula is C29H34N4O6. The Hall–Kier alpha value is -4.47. The van der Waals surface area contributed by atoms with Crippen LogP contribution in [0.2, 0.25) is 0 Å². The lowest BCUT2D eigenvalue weighted by Crippen LogP contribution is -2.36. The van der Waals surface area contributed by atoms with Gasteiger partial charge in [0.1, 0.15) is 17.7 Å². The van der Waals surface area contributed by atoms with E-state index in [-0.39, 0.29) is 54.1 Å². The molecule has 10 heteroatoms. The summed E-state index contributed by atoms with van der Waals surface area (Å²) in [6.07, 6.45) is 4.44. The summed E-state index contributed by atoms with van der Waals surface area (Å²) in [5, 5.41) is 25.9. The molecule has 10 nitrogen and oxygen atoms in total. The SMILES string of the molecule is C[C@@H](CCc1ccc(O)cc1)NC(=O)CCC(=O)N[C@@H](C)CCc1ccc(Oc2ccc([N+](=O)[O-])cn2)cc1. The smallest absolute Gasteiger partial charge is 0.287 e. The Morgan fingerprint density at radius 3 is 1.85 bits per heavy atom. The Kier molecular flexibility index (Phi) is 10.8. The van der Waals surface area contributed by atoms with Gasteiger partial charge in [-0.3, -0.25) is 19.7 Å². The third-order valence-corrected chi connectivity index (χ3v) is 6.14. The number of benzene rings is 2. The highest BCUT2D eigenvalue weighted by Crippen LogP contribution is 2.22. The van der Waals surface area contributed by atoms with Gasteiger partial charge in [0.25, 0.3) is 5.69 Å². The number of hydrogen-bond donors (Lipinski definition) is 3. The van der Waals surface area contributed by atoms with Crippen LogP contribution in [-0.4, -0.2) is 38.9 Å². The van der Waals surface area contributed by atoms with Crippen molar-refractivity contribution < 1.29 is 24.4 Å². The molecule has 1 heterocycles. The first-order valence-corrected chi connectivity index (χ1v) is 12.9. The fourth-order valence-corrected chi connectivity index (χ4v) is 3.88. The first kappa shape index (κ1) is 29.1. The van der Waals surface area contributed by atoms with Crippen LogP contribution in [0.4, 0.5) is 5.69 Å². The number of hydrogen-bond acceptors (Lipinski definition) is 7. The number of carbonyl (C=O) groups excluding carboxylic acids is 2. The van der Waals surface area contributed by atoms with Crippen molar-refractivity contribution in [3.05, 3.63) is 88.1 Å². The molecule has 0 saturated heterocycles. The van der Waals surface area contributed by atoms with Crippen molar-refractivity contribution in [1.29, 1.82) is 0 Å². The first-order chi connectivity index (χ1) is 18.7. The summed E-state index contributed by atoms with van der Waals surface area (Å²) < 4.78 is 5.62. The highest BCUT2D eigenvalue weighted by atomic mass is 16.6. The number of aromatic nitrogens is 1. The van der Waals surface area contributed by atoms with Crippen LogP contribution in [0.3, 0.4) is 0 Å². The molecule has 0 bridgehead atoms. The third-order valence-electron chi connectivity index (χ3n) is 6.14. The molecule has 2 aromatic carbocycles. The van der Waals surface area contributed by atoms with Crippen LogP contribution in [0.25, 0.3) is 0 Å². The largest absolute Gasteiger partial charge is 0.508 e. The minimum absolute atomic E-state index is 0.0181. The summed E-state index contributed by atoms with van der Waals surface area (Å²) in [5.41, 5.74) is 2.06. The van der Waals surface area contributed by atoms with Gasteiger partial charge in [-0.25, -0.2) is 4.98 Å². The molecule has 3 aromatic rings. The summed E-state index contributed by atoms with van der Waals surface area (Å²) >= 11 is 0. The van der Waals surface area contributed by atoms with Gasteiger partial charge in [0.15, 0.2) is 0 Å². The van der Waals surface area contributed by atoms with Gasteiger partial charge in [0.2, 0.25) is 17.7 Å². The van der Waals surface area contributed by atoms with Crippen LogP contribution in [0.1, 0.15) is 50.7 Å². The van der Waals surface area contributed by atoms with Gasteiger partial charge < -0.3 is 20.5 Å². The Morgan fingerprint density at radius 1 is 0.872 bits per heavy atom. The molecule has 206 valence electrons. The quantitative estimate of drug-likeness (QED) is 0.198. The molecule has 2 atom stereocenters. The maximum Gasteiger partial charge on any atom is 0.287 e. The topological polar surface area (TPSA) is 144 Å². The molecule has 0 spiro atoms. The number of aromatic hydroxyl groups is 1. The van der Waals surface area contributed by atoms with E-state index in [1.54, 1.807) is 24.3 Å². The molecule has 0 radical (unpaired) electrons. The minimum Gasteiger partial charge on any atom is -0.508 e. The van der Waals surface area contributed by atoms with Crippen molar-refractivity contribution in [3.63, 3.8) is 0 Å². The van der Waals surface area contributed by atoms with E-state index in [1.807, 2.05) is 38.1 Å². The van der Waals surface area contributed by atoms with Gasteiger partial charge in [0.05, 0.1) is 4.92 Å². The van der Waals surface area contributed by atoms with Crippen molar-refractivity contribution in [2.75, 3.05) is 0 Å². The molecule has 3 N–H and O–H groups in total. The maximum absolute atomic E-state index is 12.3. The average molecular weight is 535 g/mol. The number of phenols is 1. The van der Waals surface area contributed by atoms with Gasteiger partial charge in [-0.1, -0.05) is 24.3 Å². The van der Waals surface area contributed by atoms with Gasteiger partial charge in [-0.05, 0) is 74.9 Å². The second kappa shape index (κ2) is 14.5. The van der Waals surface area contributed by atoms with Crippen molar-refractivity contribution in [1.82, 2.24) is 15.6 Å². The standard InChI is InChI=1S/C29H34N4O6/c1-20(3-5-22-7-12-25(34)13-8-22)31-27(35)16-17-28(36)32-21(2)4-6-23-9-14-26(15-10-23)39-29-18-11-24(19-30-29)33(37)38/h7-15,18-21,34H,3-6,16-17H2,1-2H3,(H,31,35)(H,32,36)/t20-,21-/m0/s1. The summed E-state index contributed by atoms with van der Waals surface area (Å²) in [6, 6.07) is 17.2. The zero-order valence-corrected chi connectivity index (χ0v) is 22.1. The lowest BCUT2D eigenvalue weighted by atomic mass is 10.1. The summed E-state index contributed by atoms with van der Waals surface area (Å²) in [7, 11) is 0. The number of rotatable bonds is 14. The highest BCUT2D eigenvalue weighted by Gasteiger charge is 2.13. The zero-order valence-electron chi connectivity index (χ0n) is 22.1. The van der Waals surface area contributed by atoms with E-state index < -0.39 is 4.92 Å². The Bertz CT molecular complexity index is 1230. The summed E-state index contributed by atoms with van der Waals surface area (Å²) in [4.78, 5) is 38.7. The van der Waals surface area contributed by atoms with Crippen LogP contribution in [-0.2, 0) is 22.4 Å². The third kappa shape index (κ3) is 10.4. The van der Waals surface area contributed by atoms with E-state index in [4.69, 9.17) is 4.74 Å². The van der Waals surface area contributed by atoms with E-state index in [2.05, 4.69) is 15.6 Å². The number of nitro groups is 1. The Labute approximate surface area is 227 Å². The van der Waals surface area contributed by atoms with Gasteiger partial charge in [0, 0.05) is 37.1 Å². The second-order valence-electron chi connectivity index (χ2n) is 9.54. The number of pyridine rings is 1. The first-order valence-electron chi connectivity index (χ1n) is 12.9. The number of carbonyl (C=O) groups is 2. The van der Waals surface area contributed by atoms with Crippen molar-refractivity contribution >= 4 is 17.5 Å². The number of phenolic OH excluding ortho intramolecular Hbond substituents is 1.